The van der Waals surface area contributed by atoms with E-state index in [4.69, 9.17) is 14.2 Å². The summed E-state index contributed by atoms with van der Waals surface area (Å²) in [5, 5.41) is 0. The van der Waals surface area contributed by atoms with Gasteiger partial charge in [-0.05, 0) is 37.6 Å². The van der Waals surface area contributed by atoms with E-state index in [1.807, 2.05) is 36.9 Å². The van der Waals surface area contributed by atoms with E-state index in [2.05, 4.69) is 0 Å². The fourth-order valence-electron chi connectivity index (χ4n) is 2.65. The van der Waals surface area contributed by atoms with Gasteiger partial charge in [0.1, 0.15) is 0 Å². The number of hydrogen-bond donors (Lipinski definition) is 0. The van der Waals surface area contributed by atoms with E-state index in [0.717, 1.165) is 17.1 Å². The van der Waals surface area contributed by atoms with E-state index in [1.54, 1.807) is 12.2 Å². The van der Waals surface area contributed by atoms with Crippen LogP contribution in [0.15, 0.2) is 24.3 Å². The fourth-order valence-corrected chi connectivity index (χ4v) is 2.65. The third-order valence-electron chi connectivity index (χ3n) is 3.55. The summed E-state index contributed by atoms with van der Waals surface area (Å²) in [6.07, 6.45) is 3.56. The molecule has 2 atom stereocenters. The number of rotatable bonds is 2. The van der Waals surface area contributed by atoms with Gasteiger partial charge >= 0.3 is 0 Å². The van der Waals surface area contributed by atoms with Gasteiger partial charge in [0.15, 0.2) is 11.5 Å². The Morgan fingerprint density at radius 3 is 2.67 bits per heavy atom. The van der Waals surface area contributed by atoms with Crippen molar-refractivity contribution in [3.8, 4) is 11.5 Å². The van der Waals surface area contributed by atoms with Crippen LogP contribution in [0.4, 0.5) is 0 Å². The third-order valence-corrected chi connectivity index (χ3v) is 3.55. The topological polar surface area (TPSA) is 48.0 Å². The van der Waals surface area contributed by atoms with Crippen LogP contribution in [-0.4, -0.2) is 42.9 Å². The minimum atomic E-state index is 0.00895. The molecule has 0 aliphatic carbocycles. The largest absolute Gasteiger partial charge is 0.454 e. The summed E-state index contributed by atoms with van der Waals surface area (Å²) in [7, 11) is 0. The number of amides is 1. The van der Waals surface area contributed by atoms with Crippen molar-refractivity contribution in [3.63, 3.8) is 0 Å². The number of hydrogen-bond acceptors (Lipinski definition) is 4. The molecule has 2 heterocycles. The van der Waals surface area contributed by atoms with Crippen LogP contribution >= 0.6 is 0 Å². The molecule has 5 heteroatoms. The predicted octanol–water partition coefficient (Wildman–Crippen LogP) is 2.06. The molecule has 1 aromatic carbocycles. The lowest BCUT2D eigenvalue weighted by Gasteiger charge is -2.34. The molecule has 0 radical (unpaired) electrons. The lowest BCUT2D eigenvalue weighted by atomic mass is 10.1. The molecule has 0 bridgehead atoms. The Morgan fingerprint density at radius 2 is 1.90 bits per heavy atom. The predicted molar refractivity (Wildman–Crippen MR) is 78.2 cm³/mol. The smallest absolute Gasteiger partial charge is 0.246 e. The first-order valence-corrected chi connectivity index (χ1v) is 7.14. The highest BCUT2D eigenvalue weighted by atomic mass is 16.7. The van der Waals surface area contributed by atoms with Crippen molar-refractivity contribution in [1.82, 2.24) is 4.90 Å². The van der Waals surface area contributed by atoms with Gasteiger partial charge in [0.25, 0.3) is 0 Å². The molecule has 0 unspecified atom stereocenters. The first kappa shape index (κ1) is 13.9. The van der Waals surface area contributed by atoms with Crippen LogP contribution in [0.5, 0.6) is 11.5 Å². The molecule has 3 rings (SSSR count). The van der Waals surface area contributed by atoms with Crippen molar-refractivity contribution in [2.24, 2.45) is 0 Å². The molecule has 1 amide bonds. The van der Waals surface area contributed by atoms with Gasteiger partial charge in [-0.3, -0.25) is 4.79 Å². The summed E-state index contributed by atoms with van der Waals surface area (Å²) in [6.45, 7) is 5.49. The normalized spacial score (nSPS) is 24.6. The van der Waals surface area contributed by atoms with Crippen LogP contribution in [0.1, 0.15) is 19.4 Å². The van der Waals surface area contributed by atoms with E-state index >= 15 is 0 Å². The molecular formula is C16H19NO4. The second kappa shape index (κ2) is 5.77. The van der Waals surface area contributed by atoms with E-state index in [1.165, 1.54) is 0 Å². The SMILES string of the molecule is C[C@@H]1CN(C(=O)/C=C/c2ccc3c(c2)OCO3)C[C@H](C)O1. The molecule has 21 heavy (non-hydrogen) atoms. The highest BCUT2D eigenvalue weighted by molar-refractivity contribution is 5.92. The van der Waals surface area contributed by atoms with Crippen LogP contribution in [0.3, 0.4) is 0 Å². The number of fused-ring (bicyclic) bond motifs is 1. The maximum absolute atomic E-state index is 12.2. The molecule has 0 spiro atoms. The fraction of sp³-hybridized carbons (Fsp3) is 0.438. The van der Waals surface area contributed by atoms with Crippen LogP contribution in [0.2, 0.25) is 0 Å². The second-order valence-electron chi connectivity index (χ2n) is 5.45. The Balaban J connectivity index is 1.66. The van der Waals surface area contributed by atoms with E-state index < -0.39 is 0 Å². The van der Waals surface area contributed by atoms with Gasteiger partial charge < -0.3 is 19.1 Å². The Bertz CT molecular complexity index is 559. The highest BCUT2D eigenvalue weighted by Crippen LogP contribution is 2.32. The van der Waals surface area contributed by atoms with Gasteiger partial charge in [-0.2, -0.15) is 0 Å². The summed E-state index contributed by atoms with van der Waals surface area (Å²) >= 11 is 0. The van der Waals surface area contributed by atoms with Gasteiger partial charge in [0.05, 0.1) is 12.2 Å². The third kappa shape index (κ3) is 3.19. The van der Waals surface area contributed by atoms with Gasteiger partial charge in [-0.15, -0.1) is 0 Å². The highest BCUT2D eigenvalue weighted by Gasteiger charge is 2.24. The molecule has 0 aromatic heterocycles. The summed E-state index contributed by atoms with van der Waals surface area (Å²) < 4.78 is 16.2. The van der Waals surface area contributed by atoms with Crippen LogP contribution < -0.4 is 9.47 Å². The number of morpholine rings is 1. The van der Waals surface area contributed by atoms with Gasteiger partial charge in [-0.1, -0.05) is 6.07 Å². The lowest BCUT2D eigenvalue weighted by Crippen LogP contribution is -2.47. The molecule has 112 valence electrons. The van der Waals surface area contributed by atoms with Crippen LogP contribution in [0.25, 0.3) is 6.08 Å². The van der Waals surface area contributed by atoms with Gasteiger partial charge in [0, 0.05) is 19.2 Å². The second-order valence-corrected chi connectivity index (χ2v) is 5.45. The van der Waals surface area contributed by atoms with Crippen molar-refractivity contribution < 1.29 is 19.0 Å². The summed E-state index contributed by atoms with van der Waals surface area (Å²) in [4.78, 5) is 14.0. The van der Waals surface area contributed by atoms with Crippen molar-refractivity contribution in [2.45, 2.75) is 26.1 Å². The summed E-state index contributed by atoms with van der Waals surface area (Å²) in [5.74, 6) is 1.47. The Hall–Kier alpha value is -2.01. The van der Waals surface area contributed by atoms with E-state index in [9.17, 15) is 4.79 Å². The molecule has 2 aliphatic heterocycles. The Morgan fingerprint density at radius 1 is 1.19 bits per heavy atom. The average Bonchev–Trinajstić information content (AvgIpc) is 2.91. The maximum atomic E-state index is 12.2. The Kier molecular flexibility index (Phi) is 3.84. The molecule has 1 fully saturated rings. The monoisotopic (exact) mass is 289 g/mol. The van der Waals surface area contributed by atoms with Crippen molar-refractivity contribution in [2.75, 3.05) is 19.9 Å². The number of carbonyl (C=O) groups excluding carboxylic acids is 1. The quantitative estimate of drug-likeness (QED) is 0.782. The van der Waals surface area contributed by atoms with Crippen molar-refractivity contribution >= 4 is 12.0 Å². The van der Waals surface area contributed by atoms with Crippen molar-refractivity contribution in [3.05, 3.63) is 29.8 Å². The van der Waals surface area contributed by atoms with Gasteiger partial charge in [-0.25, -0.2) is 0 Å². The number of benzene rings is 1. The lowest BCUT2D eigenvalue weighted by molar-refractivity contribution is -0.137. The first-order chi connectivity index (χ1) is 10.1. The molecular weight excluding hydrogens is 270 g/mol. The maximum Gasteiger partial charge on any atom is 0.246 e. The minimum absolute atomic E-state index is 0.00895. The minimum Gasteiger partial charge on any atom is -0.454 e. The zero-order valence-electron chi connectivity index (χ0n) is 12.2. The molecule has 0 N–H and O–H groups in total. The summed E-state index contributed by atoms with van der Waals surface area (Å²) in [6, 6.07) is 5.63. The van der Waals surface area contributed by atoms with E-state index in [0.29, 0.717) is 13.1 Å². The van der Waals surface area contributed by atoms with Crippen LogP contribution in [0, 0.1) is 0 Å². The van der Waals surface area contributed by atoms with Crippen LogP contribution in [-0.2, 0) is 9.53 Å². The molecule has 1 saturated heterocycles. The molecule has 5 nitrogen and oxygen atoms in total. The van der Waals surface area contributed by atoms with E-state index in [-0.39, 0.29) is 24.9 Å². The number of ether oxygens (including phenoxy) is 3. The average molecular weight is 289 g/mol. The standard InChI is InChI=1S/C16H19NO4/c1-11-8-17(9-12(2)21-11)16(18)6-4-13-3-5-14-15(7-13)20-10-19-14/h3-7,11-12H,8-10H2,1-2H3/b6-4+/t11-,12+. The van der Waals surface area contributed by atoms with Crippen molar-refractivity contribution in [1.29, 1.82) is 0 Å². The zero-order chi connectivity index (χ0) is 14.8. The number of nitrogens with zero attached hydrogens (tertiary/aromatic N) is 1. The molecule has 0 saturated carbocycles. The summed E-state index contributed by atoms with van der Waals surface area (Å²) in [5.41, 5.74) is 0.918. The van der Waals surface area contributed by atoms with Gasteiger partial charge in [0.2, 0.25) is 12.7 Å². The first-order valence-electron chi connectivity index (χ1n) is 7.14. The molecule has 1 aromatic rings. The molecule has 2 aliphatic rings. The Labute approximate surface area is 124 Å². The number of carbonyl (C=O) groups is 1. The zero-order valence-corrected chi connectivity index (χ0v) is 12.2.